The smallest absolute Gasteiger partial charge is 0.239 e. The average Bonchev–Trinajstić information content (AvgIpc) is 2.87. The van der Waals surface area contributed by atoms with Crippen LogP contribution in [0.4, 0.5) is 0 Å². The number of hydrogen-bond donors (Lipinski definition) is 1. The summed E-state index contributed by atoms with van der Waals surface area (Å²) in [5.74, 6) is 0.129. The molecule has 0 atom stereocenters. The highest BCUT2D eigenvalue weighted by Crippen LogP contribution is 2.26. The second-order valence-corrected chi connectivity index (χ2v) is 4.95. The lowest BCUT2D eigenvalue weighted by Crippen LogP contribution is -2.41. The fourth-order valence-electron chi connectivity index (χ4n) is 1.44. The van der Waals surface area contributed by atoms with Gasteiger partial charge in [-0.1, -0.05) is 0 Å². The lowest BCUT2D eigenvalue weighted by Gasteiger charge is -2.23. The molecule has 4 heteroatoms. The Balaban J connectivity index is 2.22. The molecule has 1 N–H and O–H groups in total. The molecule has 1 rings (SSSR count). The van der Waals surface area contributed by atoms with E-state index in [0.29, 0.717) is 6.04 Å². The van der Waals surface area contributed by atoms with E-state index in [1.807, 2.05) is 32.6 Å². The fourth-order valence-corrected chi connectivity index (χ4v) is 1.44. The van der Waals surface area contributed by atoms with E-state index in [1.54, 1.807) is 0 Å². The lowest BCUT2D eigenvalue weighted by molar-refractivity contribution is -0.137. The number of nitrogens with one attached hydrogen (secondary N) is 1. The molecule has 15 heavy (non-hydrogen) atoms. The molecule has 0 radical (unpaired) electrons. The van der Waals surface area contributed by atoms with Crippen LogP contribution in [0.15, 0.2) is 0 Å². The highest BCUT2D eigenvalue weighted by Gasteiger charge is 2.31. The zero-order chi connectivity index (χ0) is 11.5. The third-order valence-electron chi connectivity index (χ3n) is 2.25. The van der Waals surface area contributed by atoms with E-state index in [1.165, 1.54) is 0 Å². The predicted octanol–water partition coefficient (Wildman–Crippen LogP) is 1.32. The molecule has 0 saturated heterocycles. The Labute approximate surface area is 91.9 Å². The number of carbonyl (C=O) groups excluding carboxylic acids is 1. The van der Waals surface area contributed by atoms with Crippen LogP contribution in [-0.4, -0.2) is 35.5 Å². The van der Waals surface area contributed by atoms with Gasteiger partial charge in [0.1, 0.15) is 6.54 Å². The molecule has 1 saturated carbocycles. The predicted molar refractivity (Wildman–Crippen MR) is 59.2 cm³/mol. The van der Waals surface area contributed by atoms with E-state index in [9.17, 15) is 4.79 Å². The first-order valence-corrected chi connectivity index (χ1v) is 5.64. The summed E-state index contributed by atoms with van der Waals surface area (Å²) in [5, 5.41) is 0. The molecule has 1 aliphatic rings. The van der Waals surface area contributed by atoms with Crippen molar-refractivity contribution >= 4 is 5.91 Å². The molecule has 0 unspecified atom stereocenters. The molecule has 88 valence electrons. The third kappa shape index (κ3) is 4.62. The van der Waals surface area contributed by atoms with Crippen LogP contribution in [0.5, 0.6) is 0 Å². The van der Waals surface area contributed by atoms with E-state index in [0.717, 1.165) is 19.4 Å². The molecular weight excluding hydrogens is 192 g/mol. The summed E-state index contributed by atoms with van der Waals surface area (Å²) < 4.78 is 0. The highest BCUT2D eigenvalue weighted by molar-refractivity contribution is 5.78. The number of likely N-dealkylation sites (N-methyl/N-ethyl adjacent to an activating group) is 1. The minimum atomic E-state index is -0.253. The highest BCUT2D eigenvalue weighted by atomic mass is 16.7. The summed E-state index contributed by atoms with van der Waals surface area (Å²) in [6, 6.07) is 0.485. The van der Waals surface area contributed by atoms with Crippen molar-refractivity contribution in [1.29, 1.82) is 0 Å². The second-order valence-electron chi connectivity index (χ2n) is 4.95. The van der Waals surface area contributed by atoms with E-state index < -0.39 is 0 Å². The first kappa shape index (κ1) is 12.5. The van der Waals surface area contributed by atoms with Crippen molar-refractivity contribution in [2.24, 2.45) is 0 Å². The van der Waals surface area contributed by atoms with Gasteiger partial charge in [-0.3, -0.25) is 9.63 Å². The number of hydrogen-bond acceptors (Lipinski definition) is 3. The van der Waals surface area contributed by atoms with Crippen LogP contribution in [0.1, 0.15) is 40.5 Å². The molecule has 0 aromatic heterocycles. The van der Waals surface area contributed by atoms with Crippen molar-refractivity contribution in [3.05, 3.63) is 0 Å². The van der Waals surface area contributed by atoms with Crippen molar-refractivity contribution in [2.45, 2.75) is 52.2 Å². The fraction of sp³-hybridized carbons (Fsp3) is 0.909. The zero-order valence-corrected chi connectivity index (χ0v) is 10.2. The Kier molecular flexibility index (Phi) is 4.11. The van der Waals surface area contributed by atoms with Gasteiger partial charge in [0.15, 0.2) is 0 Å². The molecule has 1 fully saturated rings. The summed E-state index contributed by atoms with van der Waals surface area (Å²) in [5.41, 5.74) is 2.48. The van der Waals surface area contributed by atoms with E-state index in [4.69, 9.17) is 4.84 Å². The van der Waals surface area contributed by atoms with Gasteiger partial charge in [0.2, 0.25) is 5.91 Å². The lowest BCUT2D eigenvalue weighted by atomic mass is 10.2. The van der Waals surface area contributed by atoms with Gasteiger partial charge in [-0.15, -0.1) is 0 Å². The van der Waals surface area contributed by atoms with Gasteiger partial charge in [0.05, 0.1) is 5.60 Å². The van der Waals surface area contributed by atoms with Crippen LogP contribution >= 0.6 is 0 Å². The minimum Gasteiger partial charge on any atom is -0.339 e. The SMILES string of the molecule is CCN(C(=O)CNOC(C)(C)C)C1CC1. The number of hydroxylamine groups is 1. The summed E-state index contributed by atoms with van der Waals surface area (Å²) >= 11 is 0. The normalized spacial score (nSPS) is 16.5. The van der Waals surface area contributed by atoms with Crippen molar-refractivity contribution in [2.75, 3.05) is 13.1 Å². The van der Waals surface area contributed by atoms with Gasteiger partial charge in [-0.05, 0) is 40.5 Å². The Morgan fingerprint density at radius 1 is 1.47 bits per heavy atom. The van der Waals surface area contributed by atoms with E-state index in [2.05, 4.69) is 5.48 Å². The van der Waals surface area contributed by atoms with Gasteiger partial charge in [0.25, 0.3) is 0 Å². The largest absolute Gasteiger partial charge is 0.339 e. The van der Waals surface area contributed by atoms with Gasteiger partial charge in [0, 0.05) is 12.6 Å². The second kappa shape index (κ2) is 4.94. The monoisotopic (exact) mass is 214 g/mol. The minimum absolute atomic E-state index is 0.129. The Morgan fingerprint density at radius 3 is 2.47 bits per heavy atom. The molecule has 0 spiro atoms. The summed E-state index contributed by atoms with van der Waals surface area (Å²) in [4.78, 5) is 18.9. The zero-order valence-electron chi connectivity index (χ0n) is 10.2. The maximum atomic E-state index is 11.7. The summed E-state index contributed by atoms with van der Waals surface area (Å²) in [6.45, 7) is 8.91. The number of rotatable bonds is 5. The van der Waals surface area contributed by atoms with Gasteiger partial charge in [-0.25, -0.2) is 0 Å². The third-order valence-corrected chi connectivity index (χ3v) is 2.25. The quantitative estimate of drug-likeness (QED) is 0.702. The first-order chi connectivity index (χ1) is 6.94. The Bertz CT molecular complexity index is 219. The molecule has 0 aromatic rings. The Hall–Kier alpha value is -0.610. The Morgan fingerprint density at radius 2 is 2.07 bits per heavy atom. The first-order valence-electron chi connectivity index (χ1n) is 5.64. The number of nitrogens with zero attached hydrogens (tertiary/aromatic N) is 1. The maximum absolute atomic E-state index is 11.7. The van der Waals surface area contributed by atoms with Crippen LogP contribution in [0.3, 0.4) is 0 Å². The number of carbonyl (C=O) groups is 1. The molecule has 4 nitrogen and oxygen atoms in total. The molecule has 1 aliphatic carbocycles. The standard InChI is InChI=1S/C11H22N2O2/c1-5-13(9-6-7-9)10(14)8-12-15-11(2,3)4/h9,12H,5-8H2,1-4H3. The van der Waals surface area contributed by atoms with Crippen molar-refractivity contribution in [1.82, 2.24) is 10.4 Å². The molecule has 0 bridgehead atoms. The van der Waals surface area contributed by atoms with Crippen LogP contribution in [0.2, 0.25) is 0 Å². The van der Waals surface area contributed by atoms with Crippen LogP contribution < -0.4 is 5.48 Å². The average molecular weight is 214 g/mol. The van der Waals surface area contributed by atoms with Crippen LogP contribution in [0.25, 0.3) is 0 Å². The van der Waals surface area contributed by atoms with Crippen LogP contribution in [-0.2, 0) is 9.63 Å². The summed E-state index contributed by atoms with van der Waals surface area (Å²) in [6.07, 6.45) is 2.30. The van der Waals surface area contributed by atoms with Gasteiger partial charge < -0.3 is 4.90 Å². The van der Waals surface area contributed by atoms with Gasteiger partial charge in [-0.2, -0.15) is 5.48 Å². The molecule has 0 heterocycles. The topological polar surface area (TPSA) is 41.6 Å². The number of amides is 1. The molecule has 1 amide bonds. The van der Waals surface area contributed by atoms with Crippen molar-refractivity contribution in [3.63, 3.8) is 0 Å². The molecular formula is C11H22N2O2. The maximum Gasteiger partial charge on any atom is 0.239 e. The van der Waals surface area contributed by atoms with Gasteiger partial charge >= 0.3 is 0 Å². The van der Waals surface area contributed by atoms with E-state index in [-0.39, 0.29) is 18.1 Å². The van der Waals surface area contributed by atoms with Crippen molar-refractivity contribution in [3.8, 4) is 0 Å². The molecule has 0 aliphatic heterocycles. The van der Waals surface area contributed by atoms with E-state index >= 15 is 0 Å². The molecule has 0 aromatic carbocycles. The summed E-state index contributed by atoms with van der Waals surface area (Å²) in [7, 11) is 0. The van der Waals surface area contributed by atoms with Crippen LogP contribution in [0, 0.1) is 0 Å². The van der Waals surface area contributed by atoms with Crippen molar-refractivity contribution < 1.29 is 9.63 Å².